The zero-order valence-electron chi connectivity index (χ0n) is 11.7. The summed E-state index contributed by atoms with van der Waals surface area (Å²) in [5.41, 5.74) is 4.59. The van der Waals surface area contributed by atoms with Crippen molar-refractivity contribution in [1.29, 1.82) is 0 Å². The molecule has 104 valence electrons. The molecule has 2 rings (SSSR count). The minimum absolute atomic E-state index is 0.314. The van der Waals surface area contributed by atoms with Crippen LogP contribution in [0.1, 0.15) is 21.5 Å². The molecule has 0 bridgehead atoms. The van der Waals surface area contributed by atoms with E-state index in [1.54, 1.807) is 19.2 Å². The summed E-state index contributed by atoms with van der Waals surface area (Å²) in [5, 5.41) is 9.07. The molecule has 20 heavy (non-hydrogen) atoms. The summed E-state index contributed by atoms with van der Waals surface area (Å²) >= 11 is 0. The molecular formula is C17H18O3. The van der Waals surface area contributed by atoms with E-state index in [1.165, 1.54) is 5.56 Å². The Morgan fingerprint density at radius 1 is 1.15 bits per heavy atom. The third kappa shape index (κ3) is 3.25. The number of rotatable bonds is 5. The molecule has 2 aromatic carbocycles. The summed E-state index contributed by atoms with van der Waals surface area (Å²) in [7, 11) is 1.69. The number of carboxylic acid groups (broad SMARTS) is 1. The lowest BCUT2D eigenvalue weighted by Gasteiger charge is -2.08. The van der Waals surface area contributed by atoms with Crippen LogP contribution < -0.4 is 0 Å². The second kappa shape index (κ2) is 6.35. The van der Waals surface area contributed by atoms with Crippen LogP contribution in [0, 0.1) is 6.92 Å². The van der Waals surface area contributed by atoms with Gasteiger partial charge in [0.1, 0.15) is 0 Å². The van der Waals surface area contributed by atoms with E-state index in [-0.39, 0.29) is 0 Å². The van der Waals surface area contributed by atoms with Gasteiger partial charge in [-0.2, -0.15) is 0 Å². The largest absolute Gasteiger partial charge is 0.478 e. The van der Waals surface area contributed by atoms with Crippen LogP contribution in [-0.4, -0.2) is 24.8 Å². The van der Waals surface area contributed by atoms with Crippen LogP contribution in [-0.2, 0) is 11.2 Å². The van der Waals surface area contributed by atoms with E-state index in [0.29, 0.717) is 12.2 Å². The third-order valence-corrected chi connectivity index (χ3v) is 3.34. The van der Waals surface area contributed by atoms with E-state index >= 15 is 0 Å². The van der Waals surface area contributed by atoms with E-state index in [9.17, 15) is 4.79 Å². The molecule has 3 nitrogen and oxygen atoms in total. The molecule has 1 N–H and O–H groups in total. The summed E-state index contributed by atoms with van der Waals surface area (Å²) in [6.07, 6.45) is 0.880. The van der Waals surface area contributed by atoms with Crippen molar-refractivity contribution >= 4 is 5.97 Å². The van der Waals surface area contributed by atoms with Gasteiger partial charge in [0.25, 0.3) is 0 Å². The number of aryl methyl sites for hydroxylation is 1. The van der Waals surface area contributed by atoms with Gasteiger partial charge in [0.15, 0.2) is 0 Å². The van der Waals surface area contributed by atoms with Gasteiger partial charge < -0.3 is 9.84 Å². The fraction of sp³-hybridized carbons (Fsp3) is 0.235. The van der Waals surface area contributed by atoms with Crippen LogP contribution in [0.25, 0.3) is 11.1 Å². The maximum Gasteiger partial charge on any atom is 0.335 e. The molecule has 0 aliphatic rings. The Balaban J connectivity index is 2.31. The van der Waals surface area contributed by atoms with Gasteiger partial charge >= 0.3 is 5.97 Å². The lowest BCUT2D eigenvalue weighted by molar-refractivity contribution is 0.0697. The van der Waals surface area contributed by atoms with Gasteiger partial charge in [-0.3, -0.25) is 0 Å². The monoisotopic (exact) mass is 270 g/mol. The first kappa shape index (κ1) is 14.3. The molecule has 0 amide bonds. The van der Waals surface area contributed by atoms with Gasteiger partial charge in [-0.05, 0) is 47.7 Å². The zero-order chi connectivity index (χ0) is 14.5. The molecule has 0 aliphatic carbocycles. The van der Waals surface area contributed by atoms with Crippen molar-refractivity contribution < 1.29 is 14.6 Å². The van der Waals surface area contributed by atoms with Crippen LogP contribution in [0.5, 0.6) is 0 Å². The van der Waals surface area contributed by atoms with Crippen LogP contribution in [0.15, 0.2) is 42.5 Å². The van der Waals surface area contributed by atoms with Gasteiger partial charge in [-0.15, -0.1) is 0 Å². The number of carboxylic acids is 1. The second-order valence-corrected chi connectivity index (χ2v) is 4.77. The number of ether oxygens (including phenoxy) is 1. The minimum atomic E-state index is -0.900. The number of carbonyl (C=O) groups is 1. The van der Waals surface area contributed by atoms with Gasteiger partial charge in [-0.25, -0.2) is 4.79 Å². The van der Waals surface area contributed by atoms with Crippen molar-refractivity contribution in [3.63, 3.8) is 0 Å². The maximum absolute atomic E-state index is 11.1. The van der Waals surface area contributed by atoms with Crippen LogP contribution >= 0.6 is 0 Å². The molecule has 0 saturated heterocycles. The molecule has 3 heteroatoms. The first-order chi connectivity index (χ1) is 9.61. The van der Waals surface area contributed by atoms with Crippen molar-refractivity contribution in [3.05, 3.63) is 59.2 Å². The van der Waals surface area contributed by atoms with E-state index in [0.717, 1.165) is 23.1 Å². The Morgan fingerprint density at radius 3 is 2.45 bits per heavy atom. The molecule has 0 unspecified atom stereocenters. The summed E-state index contributed by atoms with van der Waals surface area (Å²) < 4.78 is 5.06. The van der Waals surface area contributed by atoms with E-state index in [1.807, 2.05) is 25.1 Å². The molecule has 0 radical (unpaired) electrons. The van der Waals surface area contributed by atoms with Crippen molar-refractivity contribution in [2.24, 2.45) is 0 Å². The lowest BCUT2D eigenvalue weighted by atomic mass is 9.97. The van der Waals surface area contributed by atoms with Gasteiger partial charge in [0, 0.05) is 7.11 Å². The van der Waals surface area contributed by atoms with Crippen LogP contribution in [0.4, 0.5) is 0 Å². The van der Waals surface area contributed by atoms with Crippen LogP contribution in [0.2, 0.25) is 0 Å². The average Bonchev–Trinajstić information content (AvgIpc) is 2.46. The lowest BCUT2D eigenvalue weighted by Crippen LogP contribution is -1.97. The molecule has 0 fully saturated rings. The third-order valence-electron chi connectivity index (χ3n) is 3.34. The normalized spacial score (nSPS) is 10.5. The fourth-order valence-corrected chi connectivity index (χ4v) is 2.14. The summed E-state index contributed by atoms with van der Waals surface area (Å²) in [4.78, 5) is 11.1. The summed E-state index contributed by atoms with van der Waals surface area (Å²) in [6.45, 7) is 2.69. The average molecular weight is 270 g/mol. The van der Waals surface area contributed by atoms with Crippen molar-refractivity contribution in [2.75, 3.05) is 13.7 Å². The Morgan fingerprint density at radius 2 is 1.85 bits per heavy atom. The van der Waals surface area contributed by atoms with E-state index < -0.39 is 5.97 Å². The molecule has 0 aliphatic heterocycles. The van der Waals surface area contributed by atoms with Crippen molar-refractivity contribution in [3.8, 4) is 11.1 Å². The molecular weight excluding hydrogens is 252 g/mol. The highest BCUT2D eigenvalue weighted by Gasteiger charge is 2.08. The minimum Gasteiger partial charge on any atom is -0.478 e. The van der Waals surface area contributed by atoms with Crippen molar-refractivity contribution in [1.82, 2.24) is 0 Å². The zero-order valence-corrected chi connectivity index (χ0v) is 11.7. The van der Waals surface area contributed by atoms with E-state index in [4.69, 9.17) is 9.84 Å². The van der Waals surface area contributed by atoms with E-state index in [2.05, 4.69) is 12.1 Å². The first-order valence-electron chi connectivity index (χ1n) is 6.54. The molecule has 2 aromatic rings. The first-order valence-corrected chi connectivity index (χ1v) is 6.54. The fourth-order valence-electron chi connectivity index (χ4n) is 2.14. The predicted octanol–water partition coefficient (Wildman–Crippen LogP) is 3.55. The maximum atomic E-state index is 11.1. The molecule has 0 aromatic heterocycles. The smallest absolute Gasteiger partial charge is 0.335 e. The number of benzene rings is 2. The highest BCUT2D eigenvalue weighted by molar-refractivity contribution is 5.90. The van der Waals surface area contributed by atoms with Crippen molar-refractivity contribution in [2.45, 2.75) is 13.3 Å². The number of hydrogen-bond acceptors (Lipinski definition) is 2. The van der Waals surface area contributed by atoms with Gasteiger partial charge in [0.2, 0.25) is 0 Å². The molecule has 0 heterocycles. The Bertz CT molecular complexity index is 600. The summed E-state index contributed by atoms with van der Waals surface area (Å²) in [5.74, 6) is -0.900. The molecule has 0 atom stereocenters. The highest BCUT2D eigenvalue weighted by atomic mass is 16.5. The van der Waals surface area contributed by atoms with Crippen LogP contribution in [0.3, 0.4) is 0 Å². The topological polar surface area (TPSA) is 46.5 Å². The second-order valence-electron chi connectivity index (χ2n) is 4.77. The molecule has 0 saturated carbocycles. The predicted molar refractivity (Wildman–Crippen MR) is 79.2 cm³/mol. The number of methoxy groups -OCH3 is 1. The Kier molecular flexibility index (Phi) is 4.53. The molecule has 0 spiro atoms. The quantitative estimate of drug-likeness (QED) is 0.903. The SMILES string of the molecule is COCCc1ccc(-c2cc(C(=O)O)ccc2C)cc1. The van der Waals surface area contributed by atoms with Gasteiger partial charge in [-0.1, -0.05) is 30.3 Å². The standard InChI is InChI=1S/C17H18O3/c1-12-3-6-15(17(18)19)11-16(12)14-7-4-13(5-8-14)9-10-20-2/h3-8,11H,9-10H2,1-2H3,(H,18,19). The summed E-state index contributed by atoms with van der Waals surface area (Å²) in [6, 6.07) is 13.4. The Hall–Kier alpha value is -2.13. The van der Waals surface area contributed by atoms with Gasteiger partial charge in [0.05, 0.1) is 12.2 Å². The highest BCUT2D eigenvalue weighted by Crippen LogP contribution is 2.25. The number of aromatic carboxylic acids is 1. The Labute approximate surface area is 118 Å². The number of hydrogen-bond donors (Lipinski definition) is 1.